The van der Waals surface area contributed by atoms with Crippen molar-refractivity contribution in [1.82, 2.24) is 19.7 Å². The van der Waals surface area contributed by atoms with Crippen LogP contribution in [0.1, 0.15) is 33.4 Å². The Kier molecular flexibility index (Phi) is 2.29. The van der Waals surface area contributed by atoms with Gasteiger partial charge in [-0.15, -0.1) is 0 Å². The van der Waals surface area contributed by atoms with E-state index in [1.54, 1.807) is 12.4 Å². The number of aromatic nitrogens is 3. The Balaban J connectivity index is 1.75. The lowest BCUT2D eigenvalue weighted by Gasteiger charge is -2.06. The van der Waals surface area contributed by atoms with Crippen LogP contribution in [0.5, 0.6) is 0 Å². The average Bonchev–Trinajstić information content (AvgIpc) is 2.67. The first kappa shape index (κ1) is 11.7. The molecule has 2 aromatic rings. The molecule has 4 nitrogen and oxygen atoms in total. The van der Waals surface area contributed by atoms with Crippen molar-refractivity contribution in [2.75, 3.05) is 0 Å². The molecule has 0 unspecified atom stereocenters. The van der Waals surface area contributed by atoms with E-state index >= 15 is 0 Å². The topological polar surface area (TPSA) is 42.2 Å². The molecule has 0 aliphatic heterocycles. The summed E-state index contributed by atoms with van der Waals surface area (Å²) in [6, 6.07) is 0.567. The molecule has 0 atom stereocenters. The highest BCUT2D eigenvalue weighted by molar-refractivity contribution is 5.37. The van der Waals surface area contributed by atoms with Crippen molar-refractivity contribution in [2.45, 2.75) is 40.3 Å². The van der Waals surface area contributed by atoms with Gasteiger partial charge < -0.3 is 5.32 Å². The predicted octanol–water partition coefficient (Wildman–Crippen LogP) is 2.25. The van der Waals surface area contributed by atoms with Crippen LogP contribution in [0.4, 0.5) is 0 Å². The highest BCUT2D eigenvalue weighted by Crippen LogP contribution is 2.62. The van der Waals surface area contributed by atoms with E-state index in [2.05, 4.69) is 47.4 Å². The molecule has 0 aromatic carbocycles. The first-order valence-electron chi connectivity index (χ1n) is 6.44. The number of nitrogens with one attached hydrogen (secondary N) is 1. The number of imidazole rings is 1. The van der Waals surface area contributed by atoms with E-state index in [1.165, 1.54) is 5.69 Å². The van der Waals surface area contributed by atoms with Gasteiger partial charge in [-0.05, 0) is 10.8 Å². The summed E-state index contributed by atoms with van der Waals surface area (Å²) in [5.41, 5.74) is 2.83. The van der Waals surface area contributed by atoms with Crippen molar-refractivity contribution < 1.29 is 0 Å². The number of hydrogen-bond donors (Lipinski definition) is 1. The van der Waals surface area contributed by atoms with E-state index in [-0.39, 0.29) is 0 Å². The first-order chi connectivity index (χ1) is 8.44. The molecule has 0 amide bonds. The molecule has 0 radical (unpaired) electrons. The van der Waals surface area contributed by atoms with Gasteiger partial charge in [-0.2, -0.15) is 0 Å². The fourth-order valence-corrected chi connectivity index (χ4v) is 2.94. The van der Waals surface area contributed by atoms with E-state index in [0.717, 1.165) is 12.2 Å². The van der Waals surface area contributed by atoms with Crippen LogP contribution in [0.15, 0.2) is 24.8 Å². The molecule has 1 fully saturated rings. The molecule has 1 N–H and O–H groups in total. The van der Waals surface area contributed by atoms with Crippen LogP contribution in [-0.4, -0.2) is 20.4 Å². The zero-order chi connectivity index (χ0) is 13.0. The van der Waals surface area contributed by atoms with Crippen LogP contribution in [-0.2, 0) is 6.54 Å². The van der Waals surface area contributed by atoms with Crippen LogP contribution in [0.2, 0.25) is 0 Å². The summed E-state index contributed by atoms with van der Waals surface area (Å²) >= 11 is 0. The maximum Gasteiger partial charge on any atom is 0.155 e. The minimum absolute atomic E-state index is 0.370. The first-order valence-corrected chi connectivity index (χ1v) is 6.44. The SMILES string of the molecule is CC1(C)C(NCc2cnc3cnccn23)C1(C)C. The number of hydrogen-bond acceptors (Lipinski definition) is 3. The molecular formula is C14H20N4. The maximum absolute atomic E-state index is 4.35. The highest BCUT2D eigenvalue weighted by atomic mass is 15.1. The summed E-state index contributed by atoms with van der Waals surface area (Å²) in [5, 5.41) is 3.65. The quantitative estimate of drug-likeness (QED) is 0.900. The van der Waals surface area contributed by atoms with Crippen LogP contribution in [0.3, 0.4) is 0 Å². The molecule has 3 rings (SSSR count). The van der Waals surface area contributed by atoms with Crippen LogP contribution < -0.4 is 5.32 Å². The zero-order valence-electron chi connectivity index (χ0n) is 11.4. The molecule has 2 heterocycles. The standard InChI is InChI=1S/C14H20N4/c1-13(2)12(14(13,3)4)17-8-10-7-16-11-9-15-5-6-18(10)11/h5-7,9,12,17H,8H2,1-4H3. The van der Waals surface area contributed by atoms with Gasteiger partial charge in [0.05, 0.1) is 18.1 Å². The van der Waals surface area contributed by atoms with Gasteiger partial charge >= 0.3 is 0 Å². The average molecular weight is 244 g/mol. The monoisotopic (exact) mass is 244 g/mol. The van der Waals surface area contributed by atoms with E-state index < -0.39 is 0 Å². The van der Waals surface area contributed by atoms with Gasteiger partial charge in [-0.1, -0.05) is 27.7 Å². The summed E-state index contributed by atoms with van der Waals surface area (Å²) in [6.07, 6.45) is 7.46. The maximum atomic E-state index is 4.35. The molecule has 96 valence electrons. The van der Waals surface area contributed by atoms with Crippen molar-refractivity contribution in [3.05, 3.63) is 30.5 Å². The van der Waals surface area contributed by atoms with Gasteiger partial charge in [0.2, 0.25) is 0 Å². The van der Waals surface area contributed by atoms with E-state index in [0.29, 0.717) is 16.9 Å². The lowest BCUT2D eigenvalue weighted by atomic mass is 10.0. The fourth-order valence-electron chi connectivity index (χ4n) is 2.94. The fraction of sp³-hybridized carbons (Fsp3) is 0.571. The van der Waals surface area contributed by atoms with Gasteiger partial charge in [-0.3, -0.25) is 9.38 Å². The number of nitrogens with zero attached hydrogens (tertiary/aromatic N) is 3. The van der Waals surface area contributed by atoms with E-state index in [1.807, 2.05) is 12.4 Å². The lowest BCUT2D eigenvalue weighted by Crippen LogP contribution is -2.22. The van der Waals surface area contributed by atoms with Crippen LogP contribution in [0, 0.1) is 10.8 Å². The molecular weight excluding hydrogens is 224 g/mol. The Bertz CT molecular complexity index is 568. The van der Waals surface area contributed by atoms with Crippen molar-refractivity contribution in [3.8, 4) is 0 Å². The van der Waals surface area contributed by atoms with Crippen LogP contribution >= 0.6 is 0 Å². The number of fused-ring (bicyclic) bond motifs is 1. The predicted molar refractivity (Wildman–Crippen MR) is 71.2 cm³/mol. The van der Waals surface area contributed by atoms with Gasteiger partial charge in [-0.25, -0.2) is 4.98 Å². The smallest absolute Gasteiger partial charge is 0.155 e. The largest absolute Gasteiger partial charge is 0.307 e. The highest BCUT2D eigenvalue weighted by Gasteiger charge is 2.64. The van der Waals surface area contributed by atoms with Gasteiger partial charge in [0.15, 0.2) is 5.65 Å². The van der Waals surface area contributed by atoms with E-state index in [9.17, 15) is 0 Å². The van der Waals surface area contributed by atoms with E-state index in [4.69, 9.17) is 0 Å². The van der Waals surface area contributed by atoms with Crippen molar-refractivity contribution in [3.63, 3.8) is 0 Å². The minimum Gasteiger partial charge on any atom is -0.307 e. The van der Waals surface area contributed by atoms with Gasteiger partial charge in [0.1, 0.15) is 0 Å². The van der Waals surface area contributed by atoms with Crippen LogP contribution in [0.25, 0.3) is 5.65 Å². The summed E-state index contributed by atoms with van der Waals surface area (Å²) < 4.78 is 2.09. The summed E-state index contributed by atoms with van der Waals surface area (Å²) in [6.45, 7) is 10.1. The Hall–Kier alpha value is -1.42. The Labute approximate surface area is 107 Å². The van der Waals surface area contributed by atoms with Gasteiger partial charge in [0, 0.05) is 25.0 Å². The molecule has 2 aromatic heterocycles. The molecule has 18 heavy (non-hydrogen) atoms. The summed E-state index contributed by atoms with van der Waals surface area (Å²) in [4.78, 5) is 8.43. The van der Waals surface area contributed by atoms with Crippen molar-refractivity contribution >= 4 is 5.65 Å². The second kappa shape index (κ2) is 3.54. The van der Waals surface area contributed by atoms with Crippen molar-refractivity contribution in [2.24, 2.45) is 10.8 Å². The second-order valence-corrected chi connectivity index (χ2v) is 6.31. The lowest BCUT2D eigenvalue weighted by molar-refractivity contribution is 0.457. The normalized spacial score (nSPS) is 21.3. The number of rotatable bonds is 3. The second-order valence-electron chi connectivity index (χ2n) is 6.31. The molecule has 0 saturated heterocycles. The third-order valence-electron chi connectivity index (χ3n) is 4.90. The molecule has 0 spiro atoms. The molecule has 4 heteroatoms. The molecule has 1 aliphatic rings. The Morgan fingerprint density at radius 2 is 1.94 bits per heavy atom. The molecule has 0 bridgehead atoms. The van der Waals surface area contributed by atoms with Gasteiger partial charge in [0.25, 0.3) is 0 Å². The Morgan fingerprint density at radius 3 is 2.61 bits per heavy atom. The molecule has 1 saturated carbocycles. The zero-order valence-corrected chi connectivity index (χ0v) is 11.4. The Morgan fingerprint density at radius 1 is 1.22 bits per heavy atom. The third-order valence-corrected chi connectivity index (χ3v) is 4.90. The van der Waals surface area contributed by atoms with Crippen molar-refractivity contribution in [1.29, 1.82) is 0 Å². The summed E-state index contributed by atoms with van der Waals surface area (Å²) in [7, 11) is 0. The third kappa shape index (κ3) is 1.48. The molecule has 1 aliphatic carbocycles. The summed E-state index contributed by atoms with van der Waals surface area (Å²) in [5.74, 6) is 0. The minimum atomic E-state index is 0.370.